The van der Waals surface area contributed by atoms with Gasteiger partial charge in [0.1, 0.15) is 5.82 Å². The molecule has 2 aromatic heterocycles. The molecule has 0 saturated carbocycles. The Kier molecular flexibility index (Phi) is 5.58. The van der Waals surface area contributed by atoms with Gasteiger partial charge >= 0.3 is 6.18 Å². The first-order valence-electron chi connectivity index (χ1n) is 8.42. The van der Waals surface area contributed by atoms with Crippen LogP contribution < -0.4 is 11.1 Å². The molecule has 1 amide bonds. The van der Waals surface area contributed by atoms with Crippen molar-refractivity contribution in [3.05, 3.63) is 89.4 Å². The van der Waals surface area contributed by atoms with Crippen LogP contribution in [0.25, 0.3) is 0 Å². The van der Waals surface area contributed by atoms with Crippen molar-refractivity contribution < 1.29 is 18.0 Å². The monoisotopic (exact) mass is 386 g/mol. The van der Waals surface area contributed by atoms with Crippen LogP contribution in [-0.4, -0.2) is 15.9 Å². The van der Waals surface area contributed by atoms with E-state index in [0.717, 1.165) is 11.1 Å². The maximum atomic E-state index is 13.0. The topological polar surface area (TPSA) is 80.9 Å². The van der Waals surface area contributed by atoms with Crippen LogP contribution >= 0.6 is 0 Å². The first-order valence-corrected chi connectivity index (χ1v) is 8.42. The number of nitrogens with two attached hydrogens (primary N) is 1. The molecule has 0 radical (unpaired) electrons. The van der Waals surface area contributed by atoms with Gasteiger partial charge in [-0.05, 0) is 35.7 Å². The van der Waals surface area contributed by atoms with Gasteiger partial charge in [0, 0.05) is 18.6 Å². The van der Waals surface area contributed by atoms with Gasteiger partial charge in [-0.2, -0.15) is 13.2 Å². The summed E-state index contributed by atoms with van der Waals surface area (Å²) in [5.74, 6) is -0.993. The molecule has 0 spiro atoms. The van der Waals surface area contributed by atoms with Crippen molar-refractivity contribution in [2.45, 2.75) is 18.6 Å². The first-order chi connectivity index (χ1) is 13.3. The summed E-state index contributed by atoms with van der Waals surface area (Å²) in [4.78, 5) is 20.2. The van der Waals surface area contributed by atoms with E-state index in [2.05, 4.69) is 15.3 Å². The summed E-state index contributed by atoms with van der Waals surface area (Å²) in [7, 11) is 0. The summed E-state index contributed by atoms with van der Waals surface area (Å²) in [5.41, 5.74) is 6.03. The number of nitrogens with one attached hydrogen (secondary N) is 1. The smallest absolute Gasteiger partial charge is 0.383 e. The van der Waals surface area contributed by atoms with Crippen LogP contribution in [0.4, 0.5) is 19.0 Å². The highest BCUT2D eigenvalue weighted by Gasteiger charge is 2.32. The lowest BCUT2D eigenvalue weighted by atomic mass is 9.99. The summed E-state index contributed by atoms with van der Waals surface area (Å²) in [5, 5.41) is 2.76. The lowest BCUT2D eigenvalue weighted by Crippen LogP contribution is -2.31. The molecule has 0 fully saturated rings. The van der Waals surface area contributed by atoms with Gasteiger partial charge in [-0.15, -0.1) is 0 Å². The third kappa shape index (κ3) is 4.64. The number of pyridine rings is 2. The normalized spacial score (nSPS) is 12.4. The minimum absolute atomic E-state index is 0.265. The third-order valence-corrected chi connectivity index (χ3v) is 4.19. The number of anilines is 1. The van der Waals surface area contributed by atoms with E-state index in [9.17, 15) is 18.0 Å². The summed E-state index contributed by atoms with van der Waals surface area (Å²) in [6, 6.07) is 13.1. The molecule has 0 aliphatic rings. The molecule has 144 valence electrons. The van der Waals surface area contributed by atoms with E-state index in [1.54, 1.807) is 24.5 Å². The number of benzene rings is 1. The molecule has 0 aliphatic heterocycles. The van der Waals surface area contributed by atoms with Gasteiger partial charge in [-0.1, -0.05) is 30.3 Å². The number of carbonyl (C=O) groups is 1. The fourth-order valence-corrected chi connectivity index (χ4v) is 2.75. The lowest BCUT2D eigenvalue weighted by Gasteiger charge is -2.20. The number of hydrogen-bond acceptors (Lipinski definition) is 4. The number of carbonyl (C=O) groups excluding carboxylic acids is 1. The van der Waals surface area contributed by atoms with Crippen LogP contribution in [0.5, 0.6) is 0 Å². The van der Waals surface area contributed by atoms with Crippen LogP contribution in [0.15, 0.2) is 67.1 Å². The number of nitrogens with zero attached hydrogens (tertiary/aromatic N) is 2. The Labute approximate surface area is 159 Å². The molecule has 1 unspecified atom stereocenters. The van der Waals surface area contributed by atoms with Crippen LogP contribution in [0.2, 0.25) is 0 Å². The van der Waals surface area contributed by atoms with Crippen LogP contribution in [0.3, 0.4) is 0 Å². The van der Waals surface area contributed by atoms with Gasteiger partial charge in [-0.3, -0.25) is 9.78 Å². The molecule has 2 heterocycles. The molecule has 0 saturated heterocycles. The summed E-state index contributed by atoms with van der Waals surface area (Å²) >= 11 is 0. The van der Waals surface area contributed by atoms with Crippen LogP contribution in [0, 0.1) is 0 Å². The number of rotatable bonds is 5. The van der Waals surface area contributed by atoms with Crippen molar-refractivity contribution in [3.8, 4) is 0 Å². The van der Waals surface area contributed by atoms with E-state index < -0.39 is 23.7 Å². The van der Waals surface area contributed by atoms with E-state index in [-0.39, 0.29) is 11.4 Å². The Hall–Kier alpha value is -3.42. The summed E-state index contributed by atoms with van der Waals surface area (Å²) in [6.45, 7) is 0. The number of aromatic nitrogens is 2. The average molecular weight is 386 g/mol. The van der Waals surface area contributed by atoms with Crippen molar-refractivity contribution in [2.75, 3.05) is 5.73 Å². The number of alkyl halides is 3. The molecule has 28 heavy (non-hydrogen) atoms. The Bertz CT molecular complexity index is 947. The van der Waals surface area contributed by atoms with Crippen molar-refractivity contribution >= 4 is 11.7 Å². The van der Waals surface area contributed by atoms with Gasteiger partial charge in [0.15, 0.2) is 0 Å². The molecule has 1 aromatic carbocycles. The minimum atomic E-state index is -4.62. The van der Waals surface area contributed by atoms with Gasteiger partial charge in [0.2, 0.25) is 0 Å². The predicted molar refractivity (Wildman–Crippen MR) is 98.2 cm³/mol. The lowest BCUT2D eigenvalue weighted by molar-refractivity contribution is -0.137. The number of hydrogen-bond donors (Lipinski definition) is 2. The SMILES string of the molecule is Nc1ncc(C(F)(F)F)cc1C(=O)NC(Cc1ccccc1)c1ccncc1. The Morgan fingerprint density at radius 3 is 2.43 bits per heavy atom. The molecule has 1 atom stereocenters. The molecule has 0 bridgehead atoms. The highest BCUT2D eigenvalue weighted by Crippen LogP contribution is 2.30. The summed E-state index contributed by atoms with van der Waals surface area (Å²) < 4.78 is 38.9. The zero-order valence-corrected chi connectivity index (χ0v) is 14.6. The fraction of sp³-hybridized carbons (Fsp3) is 0.150. The second-order valence-corrected chi connectivity index (χ2v) is 6.15. The van der Waals surface area contributed by atoms with Crippen molar-refractivity contribution in [3.63, 3.8) is 0 Å². The molecule has 8 heteroatoms. The molecule has 0 aliphatic carbocycles. The Morgan fingerprint density at radius 2 is 1.79 bits per heavy atom. The van der Waals surface area contributed by atoms with Gasteiger partial charge in [0.05, 0.1) is 17.2 Å². The van der Waals surface area contributed by atoms with Crippen molar-refractivity contribution in [1.29, 1.82) is 0 Å². The third-order valence-electron chi connectivity index (χ3n) is 4.19. The van der Waals surface area contributed by atoms with E-state index >= 15 is 0 Å². The van der Waals surface area contributed by atoms with E-state index in [1.165, 1.54) is 0 Å². The largest absolute Gasteiger partial charge is 0.417 e. The second-order valence-electron chi connectivity index (χ2n) is 6.15. The zero-order chi connectivity index (χ0) is 20.1. The number of nitrogen functional groups attached to an aromatic ring is 1. The van der Waals surface area contributed by atoms with Crippen LogP contribution in [-0.2, 0) is 12.6 Å². The first kappa shape index (κ1) is 19.3. The van der Waals surface area contributed by atoms with Crippen LogP contribution in [0.1, 0.15) is 33.1 Å². The number of amides is 1. The predicted octanol–water partition coefficient (Wildman–Crippen LogP) is 3.79. The molecular weight excluding hydrogens is 369 g/mol. The van der Waals surface area contributed by atoms with Gasteiger partial charge < -0.3 is 11.1 Å². The molecule has 3 N–H and O–H groups in total. The minimum Gasteiger partial charge on any atom is -0.383 e. The summed E-state index contributed by atoms with van der Waals surface area (Å²) in [6.07, 6.45) is -0.400. The highest BCUT2D eigenvalue weighted by atomic mass is 19.4. The maximum Gasteiger partial charge on any atom is 0.417 e. The van der Waals surface area contributed by atoms with E-state index in [0.29, 0.717) is 18.7 Å². The second kappa shape index (κ2) is 8.08. The van der Waals surface area contributed by atoms with Gasteiger partial charge in [0.25, 0.3) is 5.91 Å². The zero-order valence-electron chi connectivity index (χ0n) is 14.6. The van der Waals surface area contributed by atoms with E-state index in [4.69, 9.17) is 5.73 Å². The van der Waals surface area contributed by atoms with Crippen molar-refractivity contribution in [2.24, 2.45) is 0 Å². The highest BCUT2D eigenvalue weighted by molar-refractivity contribution is 5.98. The Morgan fingerprint density at radius 1 is 1.11 bits per heavy atom. The number of halogens is 3. The molecule has 3 rings (SSSR count). The van der Waals surface area contributed by atoms with Gasteiger partial charge in [-0.25, -0.2) is 4.98 Å². The Balaban J connectivity index is 1.89. The maximum absolute atomic E-state index is 13.0. The fourth-order valence-electron chi connectivity index (χ4n) is 2.75. The molecular formula is C20H17F3N4O. The molecule has 5 nitrogen and oxygen atoms in total. The average Bonchev–Trinajstić information content (AvgIpc) is 2.68. The van der Waals surface area contributed by atoms with E-state index in [1.807, 2.05) is 30.3 Å². The van der Waals surface area contributed by atoms with Crippen molar-refractivity contribution in [1.82, 2.24) is 15.3 Å². The molecule has 3 aromatic rings. The standard InChI is InChI=1S/C20H17F3N4O/c21-20(22,23)15-11-16(18(24)26-12-15)19(28)27-17(14-6-8-25-9-7-14)10-13-4-2-1-3-5-13/h1-9,11-12,17H,10H2,(H2,24,26)(H,27,28). The quantitative estimate of drug-likeness (QED) is 0.699.